The highest BCUT2D eigenvalue weighted by Gasteiger charge is 2.37. The van der Waals surface area contributed by atoms with Crippen LogP contribution in [0.5, 0.6) is 0 Å². The lowest BCUT2D eigenvalue weighted by Gasteiger charge is -2.25. The third-order valence-corrected chi connectivity index (χ3v) is 6.14. The van der Waals surface area contributed by atoms with E-state index >= 15 is 0 Å². The molecule has 0 aliphatic rings. The van der Waals surface area contributed by atoms with Gasteiger partial charge in [0.05, 0.1) is 10.5 Å². The molecule has 0 bridgehead atoms. The molecule has 11 heteroatoms. The van der Waals surface area contributed by atoms with Crippen LogP contribution in [0.1, 0.15) is 20.8 Å². The van der Waals surface area contributed by atoms with Gasteiger partial charge >= 0.3 is 6.09 Å². The Balaban J connectivity index is 2.61. The van der Waals surface area contributed by atoms with E-state index in [2.05, 4.69) is 20.9 Å². The zero-order chi connectivity index (χ0) is 19.0. The van der Waals surface area contributed by atoms with Crippen LogP contribution in [0.2, 0.25) is 5.02 Å². The van der Waals surface area contributed by atoms with E-state index in [-0.39, 0.29) is 15.3 Å². The summed E-state index contributed by atoms with van der Waals surface area (Å²) in [5.74, 6) is -1.27. The van der Waals surface area contributed by atoms with Gasteiger partial charge in [0.2, 0.25) is 0 Å². The fourth-order valence-electron chi connectivity index (χ4n) is 1.72. The molecule has 0 atom stereocenters. The van der Waals surface area contributed by atoms with E-state index in [0.29, 0.717) is 4.31 Å². The summed E-state index contributed by atoms with van der Waals surface area (Å²) in [7, 11) is -4.64. The van der Waals surface area contributed by atoms with E-state index in [1.807, 2.05) is 0 Å². The average Bonchev–Trinajstić information content (AvgIpc) is 2.94. The van der Waals surface area contributed by atoms with E-state index in [4.69, 9.17) is 16.3 Å². The third kappa shape index (κ3) is 4.49. The summed E-state index contributed by atoms with van der Waals surface area (Å²) >= 11 is 9.96. The molecule has 2 aromatic rings. The smallest absolute Gasteiger partial charge is 0.430 e. The number of carbonyl (C=O) groups excluding carboxylic acids is 1. The molecule has 0 unspecified atom stereocenters. The van der Waals surface area contributed by atoms with Crippen LogP contribution in [0.25, 0.3) is 0 Å². The molecule has 1 aromatic heterocycles. The molecule has 1 heterocycles. The molecule has 0 radical (unpaired) electrons. The van der Waals surface area contributed by atoms with Gasteiger partial charge in [0.1, 0.15) is 16.3 Å². The standard InChI is InChI=1S/C14H13BrClFN2O4S2/c1-14(2,3)23-13(20)19(12-6-24-7-18-12)25(21,22)11-5-9(16)8(15)4-10(11)17/h4-7H,1-3H3. The van der Waals surface area contributed by atoms with Gasteiger partial charge in [-0.2, -0.15) is 0 Å². The average molecular weight is 472 g/mol. The molecule has 0 aliphatic carbocycles. The van der Waals surface area contributed by atoms with Crippen LogP contribution in [0.3, 0.4) is 0 Å². The number of rotatable bonds is 3. The monoisotopic (exact) mass is 470 g/mol. The first-order valence-electron chi connectivity index (χ1n) is 6.74. The Bertz CT molecular complexity index is 898. The number of anilines is 1. The maximum atomic E-state index is 14.3. The van der Waals surface area contributed by atoms with Gasteiger partial charge in [-0.1, -0.05) is 11.6 Å². The van der Waals surface area contributed by atoms with Gasteiger partial charge in [-0.15, -0.1) is 15.6 Å². The molecule has 0 saturated carbocycles. The van der Waals surface area contributed by atoms with E-state index in [9.17, 15) is 17.6 Å². The lowest BCUT2D eigenvalue weighted by atomic mass is 10.2. The Morgan fingerprint density at radius 1 is 1.40 bits per heavy atom. The van der Waals surface area contributed by atoms with Crippen molar-refractivity contribution in [3.05, 3.63) is 38.3 Å². The van der Waals surface area contributed by atoms with Crippen molar-refractivity contribution in [3.8, 4) is 0 Å². The Kier molecular flexibility index (Phi) is 5.77. The van der Waals surface area contributed by atoms with E-state index in [1.54, 1.807) is 20.8 Å². The number of thiazole rings is 1. The van der Waals surface area contributed by atoms with Crippen molar-refractivity contribution in [3.63, 3.8) is 0 Å². The van der Waals surface area contributed by atoms with Crippen LogP contribution in [-0.2, 0) is 14.8 Å². The van der Waals surface area contributed by atoms with Crippen LogP contribution in [0.15, 0.2) is 32.4 Å². The molecule has 1 amide bonds. The van der Waals surface area contributed by atoms with Gasteiger partial charge in [-0.3, -0.25) is 0 Å². The summed E-state index contributed by atoms with van der Waals surface area (Å²) in [4.78, 5) is 15.5. The summed E-state index contributed by atoms with van der Waals surface area (Å²) in [6.07, 6.45) is -1.20. The Hall–Kier alpha value is -1.23. The van der Waals surface area contributed by atoms with Crippen LogP contribution in [0.4, 0.5) is 15.0 Å². The number of hydrogen-bond donors (Lipinski definition) is 0. The number of hydrogen-bond acceptors (Lipinski definition) is 6. The second kappa shape index (κ2) is 7.18. The van der Waals surface area contributed by atoms with Crippen LogP contribution >= 0.6 is 38.9 Å². The number of ether oxygens (including phenoxy) is 1. The molecule has 0 fully saturated rings. The van der Waals surface area contributed by atoms with Crippen molar-refractivity contribution in [2.45, 2.75) is 31.3 Å². The molecule has 25 heavy (non-hydrogen) atoms. The second-order valence-corrected chi connectivity index (χ2v) is 9.53. The fraction of sp³-hybridized carbons (Fsp3) is 0.286. The van der Waals surface area contributed by atoms with E-state index < -0.39 is 32.4 Å². The van der Waals surface area contributed by atoms with Crippen LogP contribution < -0.4 is 4.31 Å². The molecule has 6 nitrogen and oxygen atoms in total. The molecule has 1 aromatic carbocycles. The van der Waals surface area contributed by atoms with Crippen LogP contribution in [-0.4, -0.2) is 25.1 Å². The number of halogens is 3. The maximum absolute atomic E-state index is 14.3. The number of aromatic nitrogens is 1. The molecule has 0 N–H and O–H groups in total. The van der Waals surface area contributed by atoms with Gasteiger partial charge in [-0.25, -0.2) is 22.6 Å². The van der Waals surface area contributed by atoms with E-state index in [1.165, 1.54) is 10.9 Å². The predicted octanol–water partition coefficient (Wildman–Crippen LogP) is 4.83. The highest BCUT2D eigenvalue weighted by molar-refractivity contribution is 9.10. The molecule has 136 valence electrons. The SMILES string of the molecule is CC(C)(C)OC(=O)N(c1cscn1)S(=O)(=O)c1cc(Cl)c(Br)cc1F. The summed E-state index contributed by atoms with van der Waals surface area (Å²) in [5.41, 5.74) is 0.379. The molecular formula is C14H13BrClFN2O4S2. The highest BCUT2D eigenvalue weighted by atomic mass is 79.9. The number of carbonyl (C=O) groups is 1. The number of amides is 1. The third-order valence-electron chi connectivity index (χ3n) is 2.68. The topological polar surface area (TPSA) is 76.6 Å². The van der Waals surface area contributed by atoms with Crippen molar-refractivity contribution in [2.24, 2.45) is 0 Å². The lowest BCUT2D eigenvalue weighted by Crippen LogP contribution is -2.41. The van der Waals surface area contributed by atoms with Crippen molar-refractivity contribution < 1.29 is 22.3 Å². The van der Waals surface area contributed by atoms with Gasteiger partial charge in [-0.05, 0) is 48.8 Å². The number of benzene rings is 1. The van der Waals surface area contributed by atoms with Crippen molar-refractivity contribution in [1.82, 2.24) is 4.98 Å². The number of sulfonamides is 1. The van der Waals surface area contributed by atoms with Crippen molar-refractivity contribution in [2.75, 3.05) is 4.31 Å². The Morgan fingerprint density at radius 2 is 2.04 bits per heavy atom. The number of nitrogens with zero attached hydrogens (tertiary/aromatic N) is 2. The quantitative estimate of drug-likeness (QED) is 0.599. The fourth-order valence-corrected chi connectivity index (χ4v) is 4.20. The molecular weight excluding hydrogens is 459 g/mol. The van der Waals surface area contributed by atoms with Gasteiger partial charge in [0.15, 0.2) is 5.82 Å². The zero-order valence-corrected chi connectivity index (χ0v) is 17.3. The first-order valence-corrected chi connectivity index (χ1v) is 10.3. The van der Waals surface area contributed by atoms with Gasteiger partial charge < -0.3 is 4.74 Å². The zero-order valence-electron chi connectivity index (χ0n) is 13.3. The minimum absolute atomic E-state index is 0.0256. The van der Waals surface area contributed by atoms with Crippen LogP contribution in [0, 0.1) is 5.82 Å². The molecule has 0 aliphatic heterocycles. The summed E-state index contributed by atoms with van der Waals surface area (Å²) in [5, 5.41) is 1.31. The lowest BCUT2D eigenvalue weighted by molar-refractivity contribution is 0.0608. The summed E-state index contributed by atoms with van der Waals surface area (Å²) in [6, 6.07) is 1.82. The largest absolute Gasteiger partial charge is 0.443 e. The summed E-state index contributed by atoms with van der Waals surface area (Å²) in [6.45, 7) is 4.73. The maximum Gasteiger partial charge on any atom is 0.430 e. The molecule has 0 saturated heterocycles. The normalized spacial score (nSPS) is 12.1. The minimum Gasteiger partial charge on any atom is -0.443 e. The van der Waals surface area contributed by atoms with Gasteiger partial charge in [0.25, 0.3) is 10.0 Å². The molecule has 2 rings (SSSR count). The van der Waals surface area contributed by atoms with E-state index in [0.717, 1.165) is 23.5 Å². The first kappa shape index (κ1) is 20.1. The Morgan fingerprint density at radius 3 is 2.56 bits per heavy atom. The van der Waals surface area contributed by atoms with Gasteiger partial charge in [0, 0.05) is 9.85 Å². The minimum atomic E-state index is -4.64. The highest BCUT2D eigenvalue weighted by Crippen LogP contribution is 2.32. The second-order valence-electron chi connectivity index (χ2n) is 5.79. The Labute approximate surface area is 161 Å². The first-order chi connectivity index (χ1) is 11.4. The molecule has 0 spiro atoms. The predicted molar refractivity (Wildman–Crippen MR) is 97.1 cm³/mol. The summed E-state index contributed by atoms with van der Waals surface area (Å²) < 4.78 is 45.7. The van der Waals surface area contributed by atoms with Crippen molar-refractivity contribution >= 4 is 60.8 Å². The van der Waals surface area contributed by atoms with Crippen molar-refractivity contribution in [1.29, 1.82) is 0 Å².